The van der Waals surface area contributed by atoms with Crippen molar-refractivity contribution in [2.75, 3.05) is 25.4 Å². The second kappa shape index (κ2) is 6.51. The van der Waals surface area contributed by atoms with E-state index in [2.05, 4.69) is 20.7 Å². The van der Waals surface area contributed by atoms with Crippen molar-refractivity contribution in [3.8, 4) is 0 Å². The molecule has 6 nitrogen and oxygen atoms in total. The molecular weight excluding hydrogens is 382 g/mol. The van der Waals surface area contributed by atoms with Crippen molar-refractivity contribution in [3.05, 3.63) is 21.6 Å². The molecule has 0 unspecified atom stereocenters. The monoisotopic (exact) mass is 395 g/mol. The molecule has 0 saturated carbocycles. The number of hydrogen-bond donors (Lipinski definition) is 2. The summed E-state index contributed by atoms with van der Waals surface area (Å²) < 4.78 is 27.0. The molecule has 0 atom stereocenters. The predicted octanol–water partition coefficient (Wildman–Crippen LogP) is 1.59. The predicted molar refractivity (Wildman–Crippen MR) is 84.6 cm³/mol. The molecule has 2 rings (SSSR count). The van der Waals surface area contributed by atoms with Crippen molar-refractivity contribution >= 4 is 49.1 Å². The molecule has 3 N–H and O–H groups in total. The molecule has 1 fully saturated rings. The highest BCUT2D eigenvalue weighted by Crippen LogP contribution is 2.31. The van der Waals surface area contributed by atoms with Crippen LogP contribution in [0.25, 0.3) is 0 Å². The fourth-order valence-corrected chi connectivity index (χ4v) is 4.36. The number of nitrogens with one attached hydrogen (secondary N) is 1. The van der Waals surface area contributed by atoms with Crippen LogP contribution in [0.5, 0.6) is 0 Å². The summed E-state index contributed by atoms with van der Waals surface area (Å²) in [5.74, 6) is -0.234. The lowest BCUT2D eigenvalue weighted by atomic mass is 10.3. The normalized spacial score (nSPS) is 15.4. The number of carbonyl (C=O) groups excluding carboxylic acids is 1. The Morgan fingerprint density at radius 3 is 2.62 bits per heavy atom. The molecule has 0 spiro atoms. The van der Waals surface area contributed by atoms with Gasteiger partial charge >= 0.3 is 0 Å². The molecule has 1 aromatic rings. The van der Waals surface area contributed by atoms with Crippen molar-refractivity contribution in [2.45, 2.75) is 17.7 Å². The Morgan fingerprint density at radius 1 is 1.38 bits per heavy atom. The van der Waals surface area contributed by atoms with Gasteiger partial charge in [-0.1, -0.05) is 11.6 Å². The summed E-state index contributed by atoms with van der Waals surface area (Å²) in [5, 5.41) is 0.210. The number of benzene rings is 1. The molecule has 9 heteroatoms. The maximum absolute atomic E-state index is 12.3. The number of amides is 1. The molecule has 1 heterocycles. The lowest BCUT2D eigenvalue weighted by Crippen LogP contribution is -2.38. The zero-order valence-electron chi connectivity index (χ0n) is 11.1. The number of hydrogen-bond acceptors (Lipinski definition) is 4. The number of halogens is 2. The van der Waals surface area contributed by atoms with Crippen molar-refractivity contribution < 1.29 is 13.2 Å². The topological polar surface area (TPSA) is 92.5 Å². The minimum absolute atomic E-state index is 0.0817. The molecule has 0 radical (unpaired) electrons. The van der Waals surface area contributed by atoms with E-state index < -0.39 is 10.0 Å². The van der Waals surface area contributed by atoms with Crippen LogP contribution in [0.4, 0.5) is 5.69 Å². The second-order valence-electron chi connectivity index (χ2n) is 4.72. The van der Waals surface area contributed by atoms with Gasteiger partial charge in [-0.05, 0) is 40.9 Å². The number of rotatable bonds is 4. The third-order valence-corrected chi connectivity index (χ3v) is 5.98. The zero-order chi connectivity index (χ0) is 15.6. The molecule has 1 amide bonds. The van der Waals surface area contributed by atoms with Crippen molar-refractivity contribution in [3.63, 3.8) is 0 Å². The lowest BCUT2D eigenvalue weighted by molar-refractivity contribution is -0.128. The maximum Gasteiger partial charge on any atom is 0.242 e. The Bertz CT molecular complexity index is 660. The SMILES string of the molecule is Nc1cc(Cl)cc(S(=O)(=O)NCC(=O)N2CCCC2)c1Br. The van der Waals surface area contributed by atoms with Crippen molar-refractivity contribution in [1.82, 2.24) is 9.62 Å². The summed E-state index contributed by atoms with van der Waals surface area (Å²) in [6.07, 6.45) is 1.91. The van der Waals surface area contributed by atoms with Crippen LogP contribution < -0.4 is 10.5 Å². The van der Waals surface area contributed by atoms with Crippen LogP contribution in [-0.4, -0.2) is 38.9 Å². The summed E-state index contributed by atoms with van der Waals surface area (Å²) in [5.41, 5.74) is 5.89. The fraction of sp³-hybridized carbons (Fsp3) is 0.417. The van der Waals surface area contributed by atoms with E-state index in [1.54, 1.807) is 4.90 Å². The highest BCUT2D eigenvalue weighted by Gasteiger charge is 2.23. The van der Waals surface area contributed by atoms with Gasteiger partial charge in [-0.3, -0.25) is 4.79 Å². The molecule has 21 heavy (non-hydrogen) atoms. The van der Waals surface area contributed by atoms with Crippen LogP contribution in [0, 0.1) is 0 Å². The molecule has 1 aromatic carbocycles. The Balaban J connectivity index is 2.13. The molecule has 1 saturated heterocycles. The van der Waals surface area contributed by atoms with Gasteiger partial charge in [-0.25, -0.2) is 13.1 Å². The molecule has 0 aromatic heterocycles. The van der Waals surface area contributed by atoms with E-state index in [1.807, 2.05) is 0 Å². The molecule has 0 bridgehead atoms. The van der Waals surface area contributed by atoms with Crippen LogP contribution in [-0.2, 0) is 14.8 Å². The average Bonchev–Trinajstić information content (AvgIpc) is 2.94. The van der Waals surface area contributed by atoms with E-state index in [0.29, 0.717) is 13.1 Å². The van der Waals surface area contributed by atoms with Gasteiger partial charge in [0.25, 0.3) is 0 Å². The van der Waals surface area contributed by atoms with E-state index in [9.17, 15) is 13.2 Å². The van der Waals surface area contributed by atoms with E-state index in [4.69, 9.17) is 17.3 Å². The number of sulfonamides is 1. The van der Waals surface area contributed by atoms with Gasteiger partial charge in [-0.15, -0.1) is 0 Å². The third-order valence-electron chi connectivity index (χ3n) is 3.19. The highest BCUT2D eigenvalue weighted by atomic mass is 79.9. The number of anilines is 1. The standard InChI is InChI=1S/C12H15BrClN3O3S/c13-12-9(15)5-8(14)6-10(12)21(19,20)16-7-11(18)17-3-1-2-4-17/h5-6,16H,1-4,7,15H2. The molecule has 0 aliphatic carbocycles. The number of nitrogens with zero attached hydrogens (tertiary/aromatic N) is 1. The van der Waals surface area contributed by atoms with Crippen LogP contribution in [0.2, 0.25) is 5.02 Å². The number of nitrogens with two attached hydrogens (primary N) is 1. The van der Waals surface area contributed by atoms with Crippen molar-refractivity contribution in [2.24, 2.45) is 0 Å². The molecule has 1 aliphatic rings. The van der Waals surface area contributed by atoms with Gasteiger partial charge in [0.1, 0.15) is 0 Å². The first-order valence-corrected chi connectivity index (χ1v) is 8.98. The summed E-state index contributed by atoms with van der Waals surface area (Å²) in [7, 11) is -3.87. The number of nitrogen functional groups attached to an aromatic ring is 1. The first-order valence-electron chi connectivity index (χ1n) is 6.33. The largest absolute Gasteiger partial charge is 0.398 e. The highest BCUT2D eigenvalue weighted by molar-refractivity contribution is 9.10. The van der Waals surface area contributed by atoms with E-state index >= 15 is 0 Å². The first-order chi connectivity index (χ1) is 9.81. The van der Waals surface area contributed by atoms with Gasteiger partial charge < -0.3 is 10.6 Å². The van der Waals surface area contributed by atoms with Crippen LogP contribution in [0.3, 0.4) is 0 Å². The summed E-state index contributed by atoms with van der Waals surface area (Å²) in [4.78, 5) is 13.4. The van der Waals surface area contributed by atoms with Crippen LogP contribution in [0.15, 0.2) is 21.5 Å². The second-order valence-corrected chi connectivity index (χ2v) is 7.68. The lowest BCUT2D eigenvalue weighted by Gasteiger charge is -2.16. The number of likely N-dealkylation sites (tertiary alicyclic amines) is 1. The Hall–Kier alpha value is -0.830. The zero-order valence-corrected chi connectivity index (χ0v) is 14.3. The van der Waals surface area contributed by atoms with E-state index in [0.717, 1.165) is 12.8 Å². The van der Waals surface area contributed by atoms with Gasteiger partial charge in [0.05, 0.1) is 15.9 Å². The van der Waals surface area contributed by atoms with Crippen LogP contribution >= 0.6 is 27.5 Å². The van der Waals surface area contributed by atoms with Crippen LogP contribution in [0.1, 0.15) is 12.8 Å². The summed E-state index contributed by atoms with van der Waals surface area (Å²) >= 11 is 8.95. The Labute approximate surface area is 136 Å². The minimum atomic E-state index is -3.87. The summed E-state index contributed by atoms with van der Waals surface area (Å²) in [6.45, 7) is 1.07. The smallest absolute Gasteiger partial charge is 0.242 e. The van der Waals surface area contributed by atoms with Gasteiger partial charge in [0, 0.05) is 23.8 Å². The summed E-state index contributed by atoms with van der Waals surface area (Å²) in [6, 6.07) is 2.73. The van der Waals surface area contributed by atoms with E-state index in [-0.39, 0.29) is 32.5 Å². The Morgan fingerprint density at radius 2 is 2.00 bits per heavy atom. The average molecular weight is 397 g/mol. The van der Waals surface area contributed by atoms with Gasteiger partial charge in [-0.2, -0.15) is 0 Å². The minimum Gasteiger partial charge on any atom is -0.398 e. The number of carbonyl (C=O) groups is 1. The molecule has 1 aliphatic heterocycles. The molecular formula is C12H15BrClN3O3S. The van der Waals surface area contributed by atoms with Gasteiger partial charge in [0.15, 0.2) is 0 Å². The maximum atomic E-state index is 12.3. The Kier molecular flexibility index (Phi) is 5.13. The molecule has 116 valence electrons. The third kappa shape index (κ3) is 3.88. The van der Waals surface area contributed by atoms with Crippen molar-refractivity contribution in [1.29, 1.82) is 0 Å². The first kappa shape index (κ1) is 16.5. The fourth-order valence-electron chi connectivity index (χ4n) is 2.09. The van der Waals surface area contributed by atoms with Gasteiger partial charge in [0.2, 0.25) is 15.9 Å². The van der Waals surface area contributed by atoms with E-state index in [1.165, 1.54) is 12.1 Å². The quantitative estimate of drug-likeness (QED) is 0.756.